The molecular formula is C33H30ClF6NO4. The van der Waals surface area contributed by atoms with E-state index in [1.807, 2.05) is 18.2 Å². The van der Waals surface area contributed by atoms with Gasteiger partial charge in [-0.15, -0.1) is 0 Å². The predicted molar refractivity (Wildman–Crippen MR) is 157 cm³/mol. The second-order valence-electron chi connectivity index (χ2n) is 11.1. The van der Waals surface area contributed by atoms with Crippen molar-refractivity contribution in [1.82, 2.24) is 4.90 Å². The number of alkyl halides is 6. The van der Waals surface area contributed by atoms with Crippen LogP contribution in [0.4, 0.5) is 31.1 Å². The quantitative estimate of drug-likeness (QED) is 0.238. The van der Waals surface area contributed by atoms with Crippen LogP contribution in [0.3, 0.4) is 0 Å². The molecule has 2 atom stereocenters. The first-order chi connectivity index (χ1) is 21.2. The highest BCUT2D eigenvalue weighted by Gasteiger charge is 2.43. The van der Waals surface area contributed by atoms with Gasteiger partial charge in [-0.25, -0.2) is 4.79 Å². The number of ether oxygens (including phenoxy) is 3. The van der Waals surface area contributed by atoms with Gasteiger partial charge in [-0.2, -0.15) is 26.3 Å². The van der Waals surface area contributed by atoms with E-state index in [-0.39, 0.29) is 18.2 Å². The third-order valence-corrected chi connectivity index (χ3v) is 8.51. The fourth-order valence-electron chi connectivity index (χ4n) is 5.99. The molecule has 240 valence electrons. The van der Waals surface area contributed by atoms with Gasteiger partial charge < -0.3 is 14.2 Å². The van der Waals surface area contributed by atoms with Crippen molar-refractivity contribution in [3.05, 3.63) is 87.4 Å². The van der Waals surface area contributed by atoms with Crippen LogP contribution in [0.25, 0.3) is 16.7 Å². The molecule has 1 amide bonds. The Hall–Kier alpha value is -3.86. The Morgan fingerprint density at radius 2 is 1.44 bits per heavy atom. The van der Waals surface area contributed by atoms with E-state index in [4.69, 9.17) is 25.8 Å². The number of rotatable bonds is 7. The molecule has 0 bridgehead atoms. The maximum absolute atomic E-state index is 13.5. The Balaban J connectivity index is 1.52. The molecule has 5 rings (SSSR count). The number of cyclic esters (lactones) is 1. The lowest BCUT2D eigenvalue weighted by atomic mass is 9.85. The van der Waals surface area contributed by atoms with Crippen LogP contribution in [0.1, 0.15) is 61.0 Å². The van der Waals surface area contributed by atoms with Crippen molar-refractivity contribution < 1.29 is 45.3 Å². The first-order valence-electron chi connectivity index (χ1n) is 14.2. The number of nitrogens with zero attached hydrogens (tertiary/aromatic N) is 1. The van der Waals surface area contributed by atoms with Crippen LogP contribution in [-0.2, 0) is 17.1 Å². The molecule has 3 aromatic carbocycles. The van der Waals surface area contributed by atoms with E-state index in [1.165, 1.54) is 4.90 Å². The number of hydrogen-bond acceptors (Lipinski definition) is 4. The van der Waals surface area contributed by atoms with Crippen LogP contribution in [0.15, 0.2) is 60.2 Å². The average molecular weight is 654 g/mol. The lowest BCUT2D eigenvalue weighted by Crippen LogP contribution is -2.34. The fraction of sp³-hybridized carbons (Fsp3) is 0.364. The summed E-state index contributed by atoms with van der Waals surface area (Å²) in [5, 5.41) is 0.528. The molecule has 1 heterocycles. The molecule has 0 aromatic heterocycles. The monoisotopic (exact) mass is 653 g/mol. The highest BCUT2D eigenvalue weighted by Crippen LogP contribution is 2.44. The van der Waals surface area contributed by atoms with E-state index in [2.05, 4.69) is 0 Å². The third-order valence-electron chi connectivity index (χ3n) is 8.27. The van der Waals surface area contributed by atoms with Crippen LogP contribution in [0.5, 0.6) is 11.5 Å². The minimum Gasteiger partial charge on any atom is -0.496 e. The van der Waals surface area contributed by atoms with Crippen molar-refractivity contribution in [1.29, 1.82) is 0 Å². The molecule has 3 aromatic rings. The largest absolute Gasteiger partial charge is 0.496 e. The van der Waals surface area contributed by atoms with Crippen LogP contribution < -0.4 is 9.47 Å². The Morgan fingerprint density at radius 3 is 2.07 bits per heavy atom. The zero-order valence-electron chi connectivity index (χ0n) is 24.6. The summed E-state index contributed by atoms with van der Waals surface area (Å²) in [6.45, 7) is 1.64. The van der Waals surface area contributed by atoms with Crippen LogP contribution in [0, 0.1) is 0 Å². The van der Waals surface area contributed by atoms with Crippen molar-refractivity contribution in [3.8, 4) is 22.6 Å². The molecule has 0 saturated carbocycles. The van der Waals surface area contributed by atoms with Crippen molar-refractivity contribution in [2.24, 2.45) is 0 Å². The van der Waals surface area contributed by atoms with Crippen molar-refractivity contribution >= 4 is 23.3 Å². The number of hydrogen-bond donors (Lipinski definition) is 0. The molecule has 1 aliphatic carbocycles. The maximum atomic E-state index is 13.5. The first kappa shape index (κ1) is 32.5. The third kappa shape index (κ3) is 6.73. The topological polar surface area (TPSA) is 48.0 Å². The zero-order chi connectivity index (χ0) is 32.7. The average Bonchev–Trinajstić information content (AvgIpc) is 3.28. The van der Waals surface area contributed by atoms with E-state index < -0.39 is 41.7 Å². The first-order valence-corrected chi connectivity index (χ1v) is 14.6. The van der Waals surface area contributed by atoms with Gasteiger partial charge in [-0.1, -0.05) is 17.7 Å². The lowest BCUT2D eigenvalue weighted by Gasteiger charge is -2.28. The summed E-state index contributed by atoms with van der Waals surface area (Å²) in [4.78, 5) is 14.5. The summed E-state index contributed by atoms with van der Waals surface area (Å²) < 4.78 is 97.9. The zero-order valence-corrected chi connectivity index (χ0v) is 25.4. The minimum atomic E-state index is -5.02. The summed E-state index contributed by atoms with van der Waals surface area (Å²) in [6.07, 6.45) is -9.18. The normalized spacial score (nSPS) is 19.2. The number of benzene rings is 3. The second-order valence-corrected chi connectivity index (χ2v) is 11.5. The molecule has 0 N–H and O–H groups in total. The fourth-order valence-corrected chi connectivity index (χ4v) is 6.17. The SMILES string of the molecule is COc1ccc(-c2cc(Cl)ccc2OC)cc1C1=C(CN2C(=O)O[C@H](c3cc(C(F)(F)F)cc(C(F)(F)F)c3)[C@@H]2C)CCCC1. The summed E-state index contributed by atoms with van der Waals surface area (Å²) >= 11 is 6.28. The summed E-state index contributed by atoms with van der Waals surface area (Å²) in [5.74, 6) is 1.23. The smallest absolute Gasteiger partial charge is 0.416 e. The van der Waals surface area contributed by atoms with Gasteiger partial charge in [-0.3, -0.25) is 4.90 Å². The Morgan fingerprint density at radius 1 is 0.844 bits per heavy atom. The van der Waals surface area contributed by atoms with Gasteiger partial charge in [0.25, 0.3) is 0 Å². The van der Waals surface area contributed by atoms with E-state index in [9.17, 15) is 31.1 Å². The molecule has 1 saturated heterocycles. The van der Waals surface area contributed by atoms with Crippen molar-refractivity contribution in [3.63, 3.8) is 0 Å². The molecular weight excluding hydrogens is 624 g/mol. The Labute approximate surface area is 261 Å². The highest BCUT2D eigenvalue weighted by atomic mass is 35.5. The summed E-state index contributed by atoms with van der Waals surface area (Å²) in [5.41, 5.74) is 0.943. The molecule has 1 fully saturated rings. The molecule has 0 spiro atoms. The van der Waals surface area contributed by atoms with E-state index >= 15 is 0 Å². The van der Waals surface area contributed by atoms with Crippen LogP contribution >= 0.6 is 11.6 Å². The van der Waals surface area contributed by atoms with Gasteiger partial charge in [0.05, 0.1) is 31.4 Å². The molecule has 2 aliphatic rings. The molecule has 5 nitrogen and oxygen atoms in total. The number of amides is 1. The number of halogens is 7. The van der Waals surface area contributed by atoms with Gasteiger partial charge in [-0.05, 0) is 103 Å². The van der Waals surface area contributed by atoms with E-state index in [1.54, 1.807) is 39.3 Å². The Kier molecular flexibility index (Phi) is 9.04. The van der Waals surface area contributed by atoms with Crippen molar-refractivity contribution in [2.45, 2.75) is 57.1 Å². The minimum absolute atomic E-state index is 0.0578. The van der Waals surface area contributed by atoms with Gasteiger partial charge in [0.1, 0.15) is 17.6 Å². The number of methoxy groups -OCH3 is 2. The summed E-state index contributed by atoms with van der Waals surface area (Å²) in [7, 11) is 3.11. The lowest BCUT2D eigenvalue weighted by molar-refractivity contribution is -0.143. The Bertz CT molecular complexity index is 1600. The molecule has 0 unspecified atom stereocenters. The van der Waals surface area contributed by atoms with E-state index in [0.717, 1.165) is 40.7 Å². The molecule has 0 radical (unpaired) electrons. The van der Waals surface area contributed by atoms with Crippen molar-refractivity contribution in [2.75, 3.05) is 20.8 Å². The summed E-state index contributed by atoms with van der Waals surface area (Å²) in [6, 6.07) is 11.4. The van der Waals surface area contributed by atoms with Gasteiger partial charge >= 0.3 is 18.4 Å². The van der Waals surface area contributed by atoms with Gasteiger partial charge in [0, 0.05) is 22.7 Å². The van der Waals surface area contributed by atoms with Gasteiger partial charge in [0.15, 0.2) is 0 Å². The number of carbonyl (C=O) groups excluding carboxylic acids is 1. The van der Waals surface area contributed by atoms with E-state index in [0.29, 0.717) is 41.5 Å². The van der Waals surface area contributed by atoms with Crippen LogP contribution in [0.2, 0.25) is 5.02 Å². The standard InChI is InChI=1S/C33H30ClF6NO4/c1-18-30(21-12-22(32(35,36)37)15-23(13-21)33(38,39)40)45-31(42)41(18)17-20-6-4-5-7-25(20)27-14-19(8-10-29(27)44-3)26-16-24(34)9-11-28(26)43-2/h8-16,18,30H,4-7,17H2,1-3H3/t18-,30-/m0/s1. The highest BCUT2D eigenvalue weighted by molar-refractivity contribution is 6.31. The predicted octanol–water partition coefficient (Wildman–Crippen LogP) is 9.97. The molecule has 45 heavy (non-hydrogen) atoms. The molecule has 1 aliphatic heterocycles. The molecule has 12 heteroatoms. The second kappa shape index (κ2) is 12.5. The number of allylic oxidation sites excluding steroid dienone is 1. The van der Waals surface area contributed by atoms with Crippen LogP contribution in [-0.4, -0.2) is 37.8 Å². The van der Waals surface area contributed by atoms with Gasteiger partial charge in [0.2, 0.25) is 0 Å². The number of carbonyl (C=O) groups is 1. The maximum Gasteiger partial charge on any atom is 0.416 e.